The maximum absolute atomic E-state index is 4.65. The molecule has 0 radical (unpaired) electrons. The molecule has 0 amide bonds. The van der Waals surface area contributed by atoms with Crippen molar-refractivity contribution in [3.63, 3.8) is 0 Å². The van der Waals surface area contributed by atoms with Crippen LogP contribution in [0.3, 0.4) is 0 Å². The highest BCUT2D eigenvalue weighted by Gasteiger charge is 2.12. The highest BCUT2D eigenvalue weighted by molar-refractivity contribution is 7.07. The molecule has 108 valence electrons. The van der Waals surface area contributed by atoms with E-state index in [-0.39, 0.29) is 0 Å². The highest BCUT2D eigenvalue weighted by atomic mass is 32.1. The van der Waals surface area contributed by atoms with Crippen molar-refractivity contribution in [3.05, 3.63) is 40.8 Å². The fourth-order valence-electron chi connectivity index (χ4n) is 2.22. The van der Waals surface area contributed by atoms with Crippen LogP contribution in [0.1, 0.15) is 12.6 Å². The van der Waals surface area contributed by atoms with Crippen LogP contribution in [0.2, 0.25) is 0 Å². The quantitative estimate of drug-likeness (QED) is 0.784. The van der Waals surface area contributed by atoms with Crippen LogP contribution in [0.5, 0.6) is 0 Å². The third-order valence-corrected chi connectivity index (χ3v) is 3.80. The number of fused-ring (bicyclic) bond motifs is 1. The minimum absolute atomic E-state index is 0.663. The molecular formula is C15H17N5S. The lowest BCUT2D eigenvalue weighted by Crippen LogP contribution is -2.19. The Bertz CT molecular complexity index is 726. The molecule has 0 spiro atoms. The van der Waals surface area contributed by atoms with E-state index in [2.05, 4.69) is 36.6 Å². The van der Waals surface area contributed by atoms with Crippen molar-refractivity contribution in [2.24, 2.45) is 0 Å². The van der Waals surface area contributed by atoms with Gasteiger partial charge in [0.1, 0.15) is 5.82 Å². The van der Waals surface area contributed by atoms with Crippen molar-refractivity contribution in [1.82, 2.24) is 15.0 Å². The Labute approximate surface area is 127 Å². The van der Waals surface area contributed by atoms with Crippen LogP contribution in [0.15, 0.2) is 35.2 Å². The lowest BCUT2D eigenvalue weighted by Gasteiger charge is -2.19. The number of rotatable bonds is 5. The first-order valence-corrected chi connectivity index (χ1v) is 7.81. The van der Waals surface area contributed by atoms with Gasteiger partial charge < -0.3 is 10.2 Å². The Kier molecular flexibility index (Phi) is 3.96. The fraction of sp³-hybridized carbons (Fsp3) is 0.267. The molecule has 1 N–H and O–H groups in total. The van der Waals surface area contributed by atoms with Gasteiger partial charge in [0, 0.05) is 24.4 Å². The average molecular weight is 299 g/mol. The molecule has 0 saturated carbocycles. The van der Waals surface area contributed by atoms with Crippen molar-refractivity contribution in [1.29, 1.82) is 0 Å². The summed E-state index contributed by atoms with van der Waals surface area (Å²) in [5.74, 6) is 1.58. The van der Waals surface area contributed by atoms with E-state index in [4.69, 9.17) is 0 Å². The Morgan fingerprint density at radius 3 is 2.86 bits per heavy atom. The number of nitrogens with one attached hydrogen (secondary N) is 1. The molecule has 3 rings (SSSR count). The molecular weight excluding hydrogens is 282 g/mol. The number of hydrogen-bond donors (Lipinski definition) is 1. The van der Waals surface area contributed by atoms with Gasteiger partial charge in [-0.25, -0.2) is 9.97 Å². The zero-order chi connectivity index (χ0) is 14.7. The lowest BCUT2D eigenvalue weighted by atomic mass is 10.2. The van der Waals surface area contributed by atoms with Crippen LogP contribution in [0.25, 0.3) is 10.9 Å². The molecule has 0 unspecified atom stereocenters. The Hall–Kier alpha value is -2.21. The second-order valence-electron chi connectivity index (χ2n) is 4.75. The van der Waals surface area contributed by atoms with Gasteiger partial charge >= 0.3 is 0 Å². The lowest BCUT2D eigenvalue weighted by molar-refractivity contribution is 0.876. The molecule has 0 aliphatic heterocycles. The maximum Gasteiger partial charge on any atom is 0.225 e. The summed E-state index contributed by atoms with van der Waals surface area (Å²) in [7, 11) is 2.03. The predicted molar refractivity (Wildman–Crippen MR) is 87.9 cm³/mol. The van der Waals surface area contributed by atoms with Crippen molar-refractivity contribution in [2.45, 2.75) is 13.5 Å². The number of aromatic nitrogens is 3. The smallest absolute Gasteiger partial charge is 0.225 e. The monoisotopic (exact) mass is 299 g/mol. The number of hydrogen-bond acceptors (Lipinski definition) is 6. The van der Waals surface area contributed by atoms with Crippen LogP contribution in [-0.4, -0.2) is 28.5 Å². The second-order valence-corrected chi connectivity index (χ2v) is 5.47. The molecule has 6 heteroatoms. The molecule has 0 atom stereocenters. The van der Waals surface area contributed by atoms with Gasteiger partial charge in [0.25, 0.3) is 0 Å². The van der Waals surface area contributed by atoms with Gasteiger partial charge in [-0.05, 0) is 19.1 Å². The van der Waals surface area contributed by atoms with Crippen molar-refractivity contribution in [3.8, 4) is 0 Å². The van der Waals surface area contributed by atoms with E-state index >= 15 is 0 Å². The normalized spacial score (nSPS) is 10.8. The molecule has 0 aliphatic rings. The molecule has 3 aromatic rings. The molecule has 0 aliphatic carbocycles. The molecule has 0 saturated heterocycles. The highest BCUT2D eigenvalue weighted by Crippen LogP contribution is 2.25. The molecule has 0 fully saturated rings. The largest absolute Gasteiger partial charge is 0.354 e. The maximum atomic E-state index is 4.65. The van der Waals surface area contributed by atoms with Crippen LogP contribution in [0, 0.1) is 0 Å². The van der Waals surface area contributed by atoms with Gasteiger partial charge in [0.05, 0.1) is 23.3 Å². The van der Waals surface area contributed by atoms with E-state index in [1.807, 2.05) is 37.7 Å². The first kappa shape index (κ1) is 13.8. The first-order valence-electron chi connectivity index (χ1n) is 6.86. The Balaban J connectivity index is 2.02. The van der Waals surface area contributed by atoms with Crippen molar-refractivity contribution < 1.29 is 0 Å². The second kappa shape index (κ2) is 6.05. The number of para-hydroxylation sites is 1. The van der Waals surface area contributed by atoms with E-state index in [0.29, 0.717) is 5.95 Å². The molecule has 5 nitrogen and oxygen atoms in total. The molecule has 1 aromatic carbocycles. The SMILES string of the molecule is CCNc1nc(N(C)Cc2cscn2)c2ccccc2n1. The Morgan fingerprint density at radius 1 is 1.24 bits per heavy atom. The van der Waals surface area contributed by atoms with E-state index in [1.165, 1.54) is 0 Å². The molecule has 0 bridgehead atoms. The van der Waals surface area contributed by atoms with Crippen LogP contribution in [-0.2, 0) is 6.54 Å². The average Bonchev–Trinajstić information content (AvgIpc) is 2.99. The summed E-state index contributed by atoms with van der Waals surface area (Å²) < 4.78 is 0. The molecule has 2 aromatic heterocycles. The number of thiazole rings is 1. The number of nitrogens with zero attached hydrogens (tertiary/aromatic N) is 4. The van der Waals surface area contributed by atoms with Crippen molar-refractivity contribution in [2.75, 3.05) is 23.8 Å². The summed E-state index contributed by atoms with van der Waals surface area (Å²) >= 11 is 1.61. The molecule has 21 heavy (non-hydrogen) atoms. The van der Waals surface area contributed by atoms with Gasteiger partial charge in [-0.1, -0.05) is 12.1 Å². The van der Waals surface area contributed by atoms with Crippen molar-refractivity contribution >= 4 is 34.0 Å². The molecule has 2 heterocycles. The minimum atomic E-state index is 0.663. The fourth-order valence-corrected chi connectivity index (χ4v) is 2.77. The summed E-state index contributed by atoms with van der Waals surface area (Å²) in [6.45, 7) is 3.57. The number of anilines is 2. The van der Waals surface area contributed by atoms with Crippen LogP contribution in [0.4, 0.5) is 11.8 Å². The topological polar surface area (TPSA) is 53.9 Å². The summed E-state index contributed by atoms with van der Waals surface area (Å²) in [6, 6.07) is 8.07. The van der Waals surface area contributed by atoms with Gasteiger partial charge in [-0.15, -0.1) is 11.3 Å². The van der Waals surface area contributed by atoms with E-state index in [0.717, 1.165) is 35.5 Å². The first-order chi connectivity index (χ1) is 10.3. The predicted octanol–water partition coefficient (Wildman–Crippen LogP) is 3.15. The van der Waals surface area contributed by atoms with Gasteiger partial charge in [0.2, 0.25) is 5.95 Å². The van der Waals surface area contributed by atoms with Crippen LogP contribution < -0.4 is 10.2 Å². The summed E-state index contributed by atoms with van der Waals surface area (Å²) in [5, 5.41) is 6.30. The summed E-state index contributed by atoms with van der Waals surface area (Å²) in [5.41, 5.74) is 3.85. The summed E-state index contributed by atoms with van der Waals surface area (Å²) in [6.07, 6.45) is 0. The standard InChI is InChI=1S/C15H17N5S/c1-3-16-15-18-13-7-5-4-6-12(13)14(19-15)20(2)8-11-9-21-10-17-11/h4-7,9-10H,3,8H2,1-2H3,(H,16,18,19). The van der Waals surface area contributed by atoms with Gasteiger partial charge in [-0.3, -0.25) is 0 Å². The number of benzene rings is 1. The zero-order valence-electron chi connectivity index (χ0n) is 12.1. The zero-order valence-corrected chi connectivity index (χ0v) is 12.9. The van der Waals surface area contributed by atoms with E-state index in [1.54, 1.807) is 11.3 Å². The third kappa shape index (κ3) is 2.95. The third-order valence-electron chi connectivity index (χ3n) is 3.16. The van der Waals surface area contributed by atoms with Gasteiger partial charge in [0.15, 0.2) is 0 Å². The van der Waals surface area contributed by atoms with E-state index in [9.17, 15) is 0 Å². The minimum Gasteiger partial charge on any atom is -0.354 e. The van der Waals surface area contributed by atoms with Crippen LogP contribution >= 0.6 is 11.3 Å². The Morgan fingerprint density at radius 2 is 2.10 bits per heavy atom. The van der Waals surface area contributed by atoms with Gasteiger partial charge in [-0.2, -0.15) is 4.98 Å². The summed E-state index contributed by atoms with van der Waals surface area (Å²) in [4.78, 5) is 15.6. The van der Waals surface area contributed by atoms with E-state index < -0.39 is 0 Å².